The lowest BCUT2D eigenvalue weighted by Crippen LogP contribution is -2.44. The van der Waals surface area contributed by atoms with Gasteiger partial charge in [0.2, 0.25) is 5.95 Å². The monoisotopic (exact) mass is 481 g/mol. The molecule has 2 atom stereocenters. The summed E-state index contributed by atoms with van der Waals surface area (Å²) in [5.41, 5.74) is 4.10. The van der Waals surface area contributed by atoms with Crippen LogP contribution in [0.25, 0.3) is 11.3 Å². The fraction of sp³-hybridized carbons (Fsp3) is 0.250. The zero-order chi connectivity index (χ0) is 24.5. The third-order valence-electron chi connectivity index (χ3n) is 7.06. The van der Waals surface area contributed by atoms with Gasteiger partial charge in [-0.2, -0.15) is 0 Å². The molecule has 2 unspecified atom stereocenters. The highest BCUT2D eigenvalue weighted by atomic mass is 19.1. The molecule has 0 amide bonds. The lowest BCUT2D eigenvalue weighted by molar-refractivity contribution is 0.292. The molecule has 2 aromatic heterocycles. The first kappa shape index (κ1) is 22.4. The molecule has 0 aliphatic carbocycles. The fourth-order valence-corrected chi connectivity index (χ4v) is 5.13. The van der Waals surface area contributed by atoms with Crippen LogP contribution >= 0.6 is 0 Å². The number of hydrogen-bond donors (Lipinski definition) is 2. The van der Waals surface area contributed by atoms with E-state index in [0.717, 1.165) is 36.6 Å². The van der Waals surface area contributed by atoms with Gasteiger partial charge in [-0.1, -0.05) is 30.3 Å². The van der Waals surface area contributed by atoms with Crippen LogP contribution in [0.3, 0.4) is 0 Å². The van der Waals surface area contributed by atoms with Crippen molar-refractivity contribution in [1.82, 2.24) is 19.9 Å². The van der Waals surface area contributed by atoms with Gasteiger partial charge in [-0.25, -0.2) is 19.3 Å². The molecule has 2 N–H and O–H groups in total. The van der Waals surface area contributed by atoms with Gasteiger partial charge in [-0.3, -0.25) is 4.90 Å². The van der Waals surface area contributed by atoms with Crippen LogP contribution in [0.4, 0.5) is 27.5 Å². The second-order valence-corrected chi connectivity index (χ2v) is 9.46. The molecule has 182 valence electrons. The number of piperazine rings is 1. The summed E-state index contributed by atoms with van der Waals surface area (Å²) < 4.78 is 15.0. The number of hydrogen-bond acceptors (Lipinski definition) is 7. The summed E-state index contributed by atoms with van der Waals surface area (Å²) in [4.78, 5) is 18.0. The van der Waals surface area contributed by atoms with Crippen molar-refractivity contribution in [2.24, 2.45) is 0 Å². The van der Waals surface area contributed by atoms with Crippen molar-refractivity contribution in [3.8, 4) is 11.3 Å². The Morgan fingerprint density at radius 1 is 0.972 bits per heavy atom. The van der Waals surface area contributed by atoms with E-state index in [1.807, 2.05) is 48.5 Å². The number of nitrogens with one attached hydrogen (secondary N) is 2. The van der Waals surface area contributed by atoms with Gasteiger partial charge in [-0.05, 0) is 55.4 Å². The van der Waals surface area contributed by atoms with Gasteiger partial charge in [0.1, 0.15) is 11.6 Å². The lowest BCUT2D eigenvalue weighted by Gasteiger charge is -2.33. The molecule has 0 saturated carbocycles. The van der Waals surface area contributed by atoms with Crippen LogP contribution in [0.15, 0.2) is 79.1 Å². The number of likely N-dealkylation sites (tertiary alicyclic amines) is 1. The normalized spacial score (nSPS) is 19.0. The quantitative estimate of drug-likeness (QED) is 0.388. The molecule has 0 radical (unpaired) electrons. The van der Waals surface area contributed by atoms with E-state index >= 15 is 4.39 Å². The first-order valence-corrected chi connectivity index (χ1v) is 12.2. The summed E-state index contributed by atoms with van der Waals surface area (Å²) in [6.45, 7) is 2.58. The molecule has 36 heavy (non-hydrogen) atoms. The standard InChI is InChI=1S/C28H28FN7/c1-35-17-23-14-22(35)18-36(23)26-9-8-21(13-24(26)29)33-28-30-12-11-25(34-28)20-7-10-27(32-16-20)31-15-19-5-3-2-4-6-19/h2-13,16,22-23H,14-15,17-18H2,1H3,(H,31,32)(H,30,33,34). The number of rotatable bonds is 7. The minimum absolute atomic E-state index is 0.228. The molecule has 2 aliphatic rings. The second-order valence-electron chi connectivity index (χ2n) is 9.46. The Labute approximate surface area is 210 Å². The van der Waals surface area contributed by atoms with E-state index in [1.54, 1.807) is 12.4 Å². The van der Waals surface area contributed by atoms with Crippen molar-refractivity contribution in [3.63, 3.8) is 0 Å². The number of likely N-dealkylation sites (N-methyl/N-ethyl adjacent to an activating group) is 1. The Kier molecular flexibility index (Phi) is 5.95. The zero-order valence-electron chi connectivity index (χ0n) is 20.1. The van der Waals surface area contributed by atoms with E-state index in [0.29, 0.717) is 36.0 Å². The molecule has 6 rings (SSSR count). The molecule has 2 fully saturated rings. The summed E-state index contributed by atoms with van der Waals surface area (Å²) in [7, 11) is 2.15. The van der Waals surface area contributed by atoms with Crippen molar-refractivity contribution in [2.75, 3.05) is 35.7 Å². The molecule has 4 aromatic rings. The second kappa shape index (κ2) is 9.54. The van der Waals surface area contributed by atoms with Crippen LogP contribution in [0.5, 0.6) is 0 Å². The van der Waals surface area contributed by atoms with Gasteiger partial charge in [-0.15, -0.1) is 0 Å². The average molecular weight is 482 g/mol. The van der Waals surface area contributed by atoms with E-state index in [9.17, 15) is 0 Å². The summed E-state index contributed by atoms with van der Waals surface area (Å²) in [5, 5.41) is 6.47. The SMILES string of the molecule is CN1CC2CC1CN2c1ccc(Nc2nccc(-c3ccc(NCc4ccccc4)nc3)n2)cc1F. The third kappa shape index (κ3) is 4.59. The molecule has 2 aliphatic heterocycles. The van der Waals surface area contributed by atoms with Crippen molar-refractivity contribution >= 4 is 23.1 Å². The number of halogens is 1. The number of fused-ring (bicyclic) bond motifs is 2. The van der Waals surface area contributed by atoms with Gasteiger partial charge in [0.05, 0.1) is 11.4 Å². The van der Waals surface area contributed by atoms with Gasteiger partial charge >= 0.3 is 0 Å². The number of pyridine rings is 1. The molecular formula is C28H28FN7. The van der Waals surface area contributed by atoms with E-state index < -0.39 is 0 Å². The van der Waals surface area contributed by atoms with Crippen LogP contribution in [0.2, 0.25) is 0 Å². The number of nitrogens with zero attached hydrogens (tertiary/aromatic N) is 5. The Balaban J connectivity index is 1.12. The van der Waals surface area contributed by atoms with E-state index in [-0.39, 0.29) is 5.82 Å². The van der Waals surface area contributed by atoms with Crippen LogP contribution < -0.4 is 15.5 Å². The third-order valence-corrected chi connectivity index (χ3v) is 7.06. The van der Waals surface area contributed by atoms with Crippen molar-refractivity contribution in [1.29, 1.82) is 0 Å². The van der Waals surface area contributed by atoms with Crippen LogP contribution in [-0.4, -0.2) is 52.1 Å². The molecule has 0 spiro atoms. The zero-order valence-corrected chi connectivity index (χ0v) is 20.1. The maximum absolute atomic E-state index is 15.0. The molecule has 4 heterocycles. The van der Waals surface area contributed by atoms with Crippen molar-refractivity contribution in [3.05, 3.63) is 90.5 Å². The van der Waals surface area contributed by atoms with Crippen LogP contribution in [0, 0.1) is 5.82 Å². The van der Waals surface area contributed by atoms with Crippen LogP contribution in [0.1, 0.15) is 12.0 Å². The molecular weight excluding hydrogens is 453 g/mol. The predicted molar refractivity (Wildman–Crippen MR) is 141 cm³/mol. The average Bonchev–Trinajstić information content (AvgIpc) is 3.48. The lowest BCUT2D eigenvalue weighted by atomic mass is 10.2. The highest BCUT2D eigenvalue weighted by molar-refractivity contribution is 5.64. The van der Waals surface area contributed by atoms with Crippen LogP contribution in [-0.2, 0) is 6.54 Å². The first-order chi connectivity index (χ1) is 17.6. The topological polar surface area (TPSA) is 69.2 Å². The molecule has 8 heteroatoms. The minimum Gasteiger partial charge on any atom is -0.366 e. The number of anilines is 4. The molecule has 7 nitrogen and oxygen atoms in total. The van der Waals surface area contributed by atoms with E-state index in [2.05, 4.69) is 54.6 Å². The summed E-state index contributed by atoms with van der Waals surface area (Å²) in [5.74, 6) is 0.977. The predicted octanol–water partition coefficient (Wildman–Crippen LogP) is 4.93. The molecule has 2 saturated heterocycles. The maximum atomic E-state index is 15.0. The maximum Gasteiger partial charge on any atom is 0.227 e. The summed E-state index contributed by atoms with van der Waals surface area (Å²) >= 11 is 0. The van der Waals surface area contributed by atoms with Gasteiger partial charge in [0.15, 0.2) is 0 Å². The largest absolute Gasteiger partial charge is 0.366 e. The number of aromatic nitrogens is 3. The minimum atomic E-state index is -0.228. The fourth-order valence-electron chi connectivity index (χ4n) is 5.13. The Bertz CT molecular complexity index is 1340. The summed E-state index contributed by atoms with van der Waals surface area (Å²) in [6.07, 6.45) is 4.58. The Morgan fingerprint density at radius 3 is 2.58 bits per heavy atom. The highest BCUT2D eigenvalue weighted by Crippen LogP contribution is 2.35. The van der Waals surface area contributed by atoms with E-state index in [4.69, 9.17) is 0 Å². The molecule has 2 bridgehead atoms. The summed E-state index contributed by atoms with van der Waals surface area (Å²) in [6, 6.07) is 22.1. The van der Waals surface area contributed by atoms with E-state index in [1.165, 1.54) is 11.6 Å². The smallest absolute Gasteiger partial charge is 0.227 e. The Hall–Kier alpha value is -4.04. The highest BCUT2D eigenvalue weighted by Gasteiger charge is 2.42. The first-order valence-electron chi connectivity index (χ1n) is 12.2. The molecule has 2 aromatic carbocycles. The van der Waals surface area contributed by atoms with Gasteiger partial charge < -0.3 is 15.5 Å². The van der Waals surface area contributed by atoms with Crippen molar-refractivity contribution in [2.45, 2.75) is 25.0 Å². The number of benzene rings is 2. The van der Waals surface area contributed by atoms with Crippen molar-refractivity contribution < 1.29 is 4.39 Å². The van der Waals surface area contributed by atoms with Gasteiger partial charge in [0, 0.05) is 55.4 Å². The van der Waals surface area contributed by atoms with Gasteiger partial charge in [0.25, 0.3) is 0 Å². The Morgan fingerprint density at radius 2 is 1.86 bits per heavy atom.